The number of nitrogens with zero attached hydrogens (tertiary/aromatic N) is 2. The Morgan fingerprint density at radius 3 is 2.83 bits per heavy atom. The number of aromatic nitrogens is 2. The molecule has 0 radical (unpaired) electrons. The number of amides is 1. The Balaban J connectivity index is 1.68. The van der Waals surface area contributed by atoms with E-state index < -0.39 is 0 Å². The van der Waals surface area contributed by atoms with Gasteiger partial charge in [-0.3, -0.25) is 14.2 Å². The molecule has 0 saturated heterocycles. The minimum Gasteiger partial charge on any atom is -0.325 e. The minimum atomic E-state index is -0.110. The van der Waals surface area contributed by atoms with Crippen molar-refractivity contribution in [1.82, 2.24) is 9.55 Å². The second-order valence-corrected chi connectivity index (χ2v) is 8.26. The fourth-order valence-corrected chi connectivity index (χ4v) is 4.40. The van der Waals surface area contributed by atoms with Crippen molar-refractivity contribution in [2.24, 2.45) is 7.05 Å². The minimum absolute atomic E-state index is 0.0178. The van der Waals surface area contributed by atoms with Crippen LogP contribution in [-0.2, 0) is 18.3 Å². The first-order valence-corrected chi connectivity index (χ1v) is 9.56. The van der Waals surface area contributed by atoms with E-state index in [1.165, 1.54) is 16.3 Å². The normalized spacial score (nSPS) is 16.0. The summed E-state index contributed by atoms with van der Waals surface area (Å²) in [5.41, 5.74) is 2.76. The van der Waals surface area contributed by atoms with Gasteiger partial charge in [0, 0.05) is 24.4 Å². The van der Waals surface area contributed by atoms with E-state index in [-0.39, 0.29) is 17.2 Å². The monoisotopic (exact) mass is 361 g/mol. The fourth-order valence-electron chi connectivity index (χ4n) is 2.47. The van der Waals surface area contributed by atoms with Gasteiger partial charge in [0.05, 0.1) is 16.3 Å². The molecular formula is C17H19N3O2S2. The van der Waals surface area contributed by atoms with Crippen LogP contribution in [0, 0.1) is 6.92 Å². The van der Waals surface area contributed by atoms with E-state index >= 15 is 0 Å². The highest BCUT2D eigenvalue weighted by Gasteiger charge is 2.25. The molecule has 1 aliphatic heterocycles. The Hall–Kier alpha value is -1.73. The van der Waals surface area contributed by atoms with E-state index in [0.717, 1.165) is 28.3 Å². The lowest BCUT2D eigenvalue weighted by Crippen LogP contribution is -2.23. The Morgan fingerprint density at radius 1 is 1.42 bits per heavy atom. The molecule has 0 spiro atoms. The number of benzene rings is 1. The van der Waals surface area contributed by atoms with Gasteiger partial charge in [-0.05, 0) is 19.1 Å². The van der Waals surface area contributed by atoms with Crippen LogP contribution in [0.15, 0.2) is 39.1 Å². The molecule has 1 unspecified atom stereocenters. The molecule has 0 bridgehead atoms. The summed E-state index contributed by atoms with van der Waals surface area (Å²) in [6.45, 7) is 4.09. The van der Waals surface area contributed by atoms with Crippen molar-refractivity contribution < 1.29 is 4.79 Å². The zero-order valence-corrected chi connectivity index (χ0v) is 15.5. The Morgan fingerprint density at radius 2 is 2.12 bits per heavy atom. The predicted molar refractivity (Wildman–Crippen MR) is 99.0 cm³/mol. The van der Waals surface area contributed by atoms with Gasteiger partial charge in [-0.1, -0.05) is 36.4 Å². The molecule has 1 aliphatic rings. The van der Waals surface area contributed by atoms with Crippen molar-refractivity contribution in [3.8, 4) is 0 Å². The molecule has 126 valence electrons. The number of hydrogen-bond donors (Lipinski definition) is 1. The van der Waals surface area contributed by atoms with Crippen molar-refractivity contribution >= 4 is 35.1 Å². The molecule has 1 N–H and O–H groups in total. The molecule has 1 aromatic carbocycles. The zero-order chi connectivity index (χ0) is 17.3. The largest absolute Gasteiger partial charge is 0.325 e. The van der Waals surface area contributed by atoms with Crippen LogP contribution >= 0.6 is 23.5 Å². The molecule has 7 heteroatoms. The van der Waals surface area contributed by atoms with Gasteiger partial charge in [0.25, 0.3) is 5.56 Å². The lowest BCUT2D eigenvalue weighted by atomic mass is 10.2. The number of nitrogens with one attached hydrogen (secondary N) is 1. The second-order valence-electron chi connectivity index (χ2n) is 5.87. The SMILES string of the molecule is Cc1ccc(NC(=O)CSc2nc3c(c(=O)n2C)SC(C)C3)cc1. The van der Waals surface area contributed by atoms with E-state index in [2.05, 4.69) is 17.2 Å². The van der Waals surface area contributed by atoms with Gasteiger partial charge in [0.1, 0.15) is 0 Å². The molecule has 3 rings (SSSR count). The van der Waals surface area contributed by atoms with Crippen molar-refractivity contribution in [1.29, 1.82) is 0 Å². The van der Waals surface area contributed by atoms with Crippen LogP contribution in [0.1, 0.15) is 18.2 Å². The van der Waals surface area contributed by atoms with E-state index in [9.17, 15) is 9.59 Å². The van der Waals surface area contributed by atoms with Gasteiger partial charge in [-0.25, -0.2) is 4.98 Å². The highest BCUT2D eigenvalue weighted by atomic mass is 32.2. The maximum absolute atomic E-state index is 12.4. The summed E-state index contributed by atoms with van der Waals surface area (Å²) in [5, 5.41) is 3.82. The summed E-state index contributed by atoms with van der Waals surface area (Å²) in [7, 11) is 1.71. The molecule has 1 amide bonds. The van der Waals surface area contributed by atoms with Crippen molar-refractivity contribution in [2.75, 3.05) is 11.1 Å². The first-order valence-electron chi connectivity index (χ1n) is 7.70. The quantitative estimate of drug-likeness (QED) is 0.670. The standard InChI is InChI=1S/C17H19N3O2S2/c1-10-4-6-12(7-5-10)18-14(21)9-23-17-19-13-8-11(2)24-15(13)16(22)20(17)3/h4-7,11H,8-9H2,1-3H3,(H,18,21). The van der Waals surface area contributed by atoms with Crippen LogP contribution in [0.3, 0.4) is 0 Å². The summed E-state index contributed by atoms with van der Waals surface area (Å²) in [5.74, 6) is 0.108. The number of thioether (sulfide) groups is 2. The molecular weight excluding hydrogens is 342 g/mol. The van der Waals surface area contributed by atoms with Crippen LogP contribution in [0.25, 0.3) is 0 Å². The van der Waals surface area contributed by atoms with Gasteiger partial charge in [0.2, 0.25) is 5.91 Å². The van der Waals surface area contributed by atoms with Gasteiger partial charge in [0.15, 0.2) is 5.16 Å². The number of aryl methyl sites for hydroxylation is 1. The summed E-state index contributed by atoms with van der Waals surface area (Å²) < 4.78 is 1.54. The van der Waals surface area contributed by atoms with Crippen molar-refractivity contribution in [3.05, 3.63) is 45.9 Å². The first kappa shape index (κ1) is 17.1. The summed E-state index contributed by atoms with van der Waals surface area (Å²) >= 11 is 2.87. The lowest BCUT2D eigenvalue weighted by molar-refractivity contribution is -0.113. The number of carbonyl (C=O) groups excluding carboxylic acids is 1. The summed E-state index contributed by atoms with van der Waals surface area (Å²) in [6.07, 6.45) is 0.805. The maximum atomic E-state index is 12.4. The number of anilines is 1. The third-order valence-corrected chi connectivity index (χ3v) is 5.99. The van der Waals surface area contributed by atoms with E-state index in [4.69, 9.17) is 0 Å². The Bertz CT molecular complexity index is 831. The molecule has 1 atom stereocenters. The third-order valence-electron chi connectivity index (χ3n) is 3.75. The lowest BCUT2D eigenvalue weighted by Gasteiger charge is -2.09. The van der Waals surface area contributed by atoms with Crippen LogP contribution < -0.4 is 10.9 Å². The van der Waals surface area contributed by atoms with Crippen LogP contribution in [0.5, 0.6) is 0 Å². The second kappa shape index (κ2) is 7.03. The summed E-state index contributed by atoms with van der Waals surface area (Å²) in [4.78, 5) is 29.8. The Labute approximate surface area is 149 Å². The van der Waals surface area contributed by atoms with Gasteiger partial charge < -0.3 is 5.32 Å². The van der Waals surface area contributed by atoms with Crippen molar-refractivity contribution in [2.45, 2.75) is 35.6 Å². The molecule has 0 aliphatic carbocycles. The molecule has 2 aromatic rings. The average Bonchev–Trinajstić information content (AvgIpc) is 2.92. The van der Waals surface area contributed by atoms with E-state index in [0.29, 0.717) is 10.4 Å². The molecule has 2 heterocycles. The highest BCUT2D eigenvalue weighted by Crippen LogP contribution is 2.33. The number of hydrogen-bond acceptors (Lipinski definition) is 5. The Kier molecular flexibility index (Phi) is 5.01. The number of carbonyl (C=O) groups is 1. The predicted octanol–water partition coefficient (Wildman–Crippen LogP) is 2.86. The molecule has 1 aromatic heterocycles. The van der Waals surface area contributed by atoms with Crippen LogP contribution in [-0.4, -0.2) is 26.5 Å². The summed E-state index contributed by atoms with van der Waals surface area (Å²) in [6, 6.07) is 7.65. The van der Waals surface area contributed by atoms with Gasteiger partial charge in [-0.15, -0.1) is 11.8 Å². The third kappa shape index (κ3) is 3.67. The van der Waals surface area contributed by atoms with E-state index in [1.807, 2.05) is 31.2 Å². The smallest absolute Gasteiger partial charge is 0.267 e. The fraction of sp³-hybridized carbons (Fsp3) is 0.353. The highest BCUT2D eigenvalue weighted by molar-refractivity contribution is 8.00. The topological polar surface area (TPSA) is 64.0 Å². The van der Waals surface area contributed by atoms with Gasteiger partial charge in [-0.2, -0.15) is 0 Å². The van der Waals surface area contributed by atoms with Gasteiger partial charge >= 0.3 is 0 Å². The zero-order valence-electron chi connectivity index (χ0n) is 13.8. The van der Waals surface area contributed by atoms with Crippen LogP contribution in [0.2, 0.25) is 0 Å². The average molecular weight is 361 g/mol. The maximum Gasteiger partial charge on any atom is 0.267 e. The molecule has 24 heavy (non-hydrogen) atoms. The number of fused-ring (bicyclic) bond motifs is 1. The molecule has 0 saturated carbocycles. The van der Waals surface area contributed by atoms with Crippen molar-refractivity contribution in [3.63, 3.8) is 0 Å². The first-order chi connectivity index (χ1) is 11.4. The van der Waals surface area contributed by atoms with E-state index in [1.54, 1.807) is 18.8 Å². The van der Waals surface area contributed by atoms with Crippen LogP contribution in [0.4, 0.5) is 5.69 Å². The molecule has 0 fully saturated rings. The molecule has 5 nitrogen and oxygen atoms in total. The number of rotatable bonds is 4.